The van der Waals surface area contributed by atoms with E-state index >= 15 is 0 Å². The smallest absolute Gasteiger partial charge is 0.237 e. The summed E-state index contributed by atoms with van der Waals surface area (Å²) in [7, 11) is 1.66. The molecule has 1 heterocycles. The van der Waals surface area contributed by atoms with Crippen LogP contribution < -0.4 is 9.64 Å². The van der Waals surface area contributed by atoms with Gasteiger partial charge in [0.25, 0.3) is 0 Å². The molecule has 3 nitrogen and oxygen atoms in total. The van der Waals surface area contributed by atoms with Gasteiger partial charge in [0.05, 0.1) is 18.6 Å². The van der Waals surface area contributed by atoms with Gasteiger partial charge in [-0.05, 0) is 54.7 Å². The molecule has 0 bridgehead atoms. The van der Waals surface area contributed by atoms with E-state index in [1.807, 2.05) is 29.2 Å². The van der Waals surface area contributed by atoms with E-state index in [1.165, 1.54) is 11.1 Å². The molecular weight excluding hydrogens is 318 g/mol. The number of carbonyl (C=O) groups excluding carboxylic acids is 1. The van der Waals surface area contributed by atoms with Crippen molar-refractivity contribution in [3.05, 3.63) is 53.6 Å². The SMILES string of the molecule is CCc1cccc2c1N(C(=O)CSc1ccc(OC)cc1)CCC2. The van der Waals surface area contributed by atoms with Gasteiger partial charge in [-0.2, -0.15) is 0 Å². The monoisotopic (exact) mass is 341 g/mol. The standard InChI is InChI=1S/C20H23NO2S/c1-3-15-6-4-7-16-8-5-13-21(20(15)16)19(22)14-24-18-11-9-17(23-2)10-12-18/h4,6-7,9-12H,3,5,8,13-14H2,1-2H3. The summed E-state index contributed by atoms with van der Waals surface area (Å²) >= 11 is 1.58. The zero-order chi connectivity index (χ0) is 16.9. The van der Waals surface area contributed by atoms with Crippen molar-refractivity contribution in [1.82, 2.24) is 0 Å². The molecule has 0 radical (unpaired) electrons. The van der Waals surface area contributed by atoms with Crippen LogP contribution in [0.15, 0.2) is 47.4 Å². The van der Waals surface area contributed by atoms with Crippen molar-refractivity contribution in [2.24, 2.45) is 0 Å². The number of nitrogens with zero attached hydrogens (tertiary/aromatic N) is 1. The molecule has 1 aliphatic heterocycles. The number of carbonyl (C=O) groups is 1. The van der Waals surface area contributed by atoms with Gasteiger partial charge in [0, 0.05) is 11.4 Å². The van der Waals surface area contributed by atoms with Crippen molar-refractivity contribution in [1.29, 1.82) is 0 Å². The average molecular weight is 341 g/mol. The Morgan fingerprint density at radius 3 is 2.71 bits per heavy atom. The van der Waals surface area contributed by atoms with E-state index in [0.717, 1.165) is 42.1 Å². The Morgan fingerprint density at radius 1 is 1.21 bits per heavy atom. The largest absolute Gasteiger partial charge is 0.497 e. The van der Waals surface area contributed by atoms with Crippen LogP contribution in [0.25, 0.3) is 0 Å². The van der Waals surface area contributed by atoms with Crippen molar-refractivity contribution in [2.75, 3.05) is 24.3 Å². The second-order valence-corrected chi connectivity index (χ2v) is 6.94. The molecule has 0 spiro atoms. The maximum Gasteiger partial charge on any atom is 0.237 e. The van der Waals surface area contributed by atoms with E-state index in [2.05, 4.69) is 25.1 Å². The molecule has 2 aromatic rings. The van der Waals surface area contributed by atoms with Gasteiger partial charge in [-0.3, -0.25) is 4.79 Å². The van der Waals surface area contributed by atoms with E-state index in [-0.39, 0.29) is 5.91 Å². The van der Waals surface area contributed by atoms with E-state index in [4.69, 9.17) is 4.74 Å². The summed E-state index contributed by atoms with van der Waals surface area (Å²) in [6.07, 6.45) is 3.07. The summed E-state index contributed by atoms with van der Waals surface area (Å²) in [5.74, 6) is 1.49. The van der Waals surface area contributed by atoms with Crippen LogP contribution in [0.5, 0.6) is 5.75 Å². The first-order valence-electron chi connectivity index (χ1n) is 8.41. The predicted molar refractivity (Wildman–Crippen MR) is 100 cm³/mol. The number of para-hydroxylation sites is 1. The van der Waals surface area contributed by atoms with Crippen LogP contribution in [0.1, 0.15) is 24.5 Å². The lowest BCUT2D eigenvalue weighted by Crippen LogP contribution is -2.37. The third-order valence-corrected chi connectivity index (χ3v) is 5.40. The van der Waals surface area contributed by atoms with Gasteiger partial charge >= 0.3 is 0 Å². The lowest BCUT2D eigenvalue weighted by Gasteiger charge is -2.31. The third kappa shape index (κ3) is 3.59. The summed E-state index contributed by atoms with van der Waals surface area (Å²) in [5, 5.41) is 0. The average Bonchev–Trinajstić information content (AvgIpc) is 2.65. The first-order valence-corrected chi connectivity index (χ1v) is 9.39. The highest BCUT2D eigenvalue weighted by molar-refractivity contribution is 8.00. The fourth-order valence-electron chi connectivity index (χ4n) is 3.16. The maximum absolute atomic E-state index is 12.8. The number of ether oxygens (including phenoxy) is 1. The molecule has 0 aliphatic carbocycles. The molecule has 2 aromatic carbocycles. The first-order chi connectivity index (χ1) is 11.7. The normalized spacial score (nSPS) is 13.5. The number of hydrogen-bond donors (Lipinski definition) is 0. The number of fused-ring (bicyclic) bond motifs is 1. The second kappa shape index (κ2) is 7.75. The quantitative estimate of drug-likeness (QED) is 0.758. The van der Waals surface area contributed by atoms with Crippen molar-refractivity contribution >= 4 is 23.4 Å². The summed E-state index contributed by atoms with van der Waals surface area (Å²) in [4.78, 5) is 15.9. The number of methoxy groups -OCH3 is 1. The number of amides is 1. The lowest BCUT2D eigenvalue weighted by molar-refractivity contribution is -0.116. The molecule has 24 heavy (non-hydrogen) atoms. The molecule has 0 aromatic heterocycles. The zero-order valence-electron chi connectivity index (χ0n) is 14.2. The van der Waals surface area contributed by atoms with Crippen LogP contribution in [0.2, 0.25) is 0 Å². The molecular formula is C20H23NO2S. The summed E-state index contributed by atoms with van der Waals surface area (Å²) in [6, 6.07) is 14.3. The molecule has 1 aliphatic rings. The van der Waals surface area contributed by atoms with Gasteiger partial charge < -0.3 is 9.64 Å². The van der Waals surface area contributed by atoms with Crippen LogP contribution in [0.3, 0.4) is 0 Å². The molecule has 0 saturated heterocycles. The highest BCUT2D eigenvalue weighted by Gasteiger charge is 2.24. The number of benzene rings is 2. The van der Waals surface area contributed by atoms with Crippen LogP contribution in [0, 0.1) is 0 Å². The summed E-state index contributed by atoms with van der Waals surface area (Å²) in [5.41, 5.74) is 3.74. The fourth-order valence-corrected chi connectivity index (χ4v) is 3.94. The highest BCUT2D eigenvalue weighted by Crippen LogP contribution is 2.32. The number of hydrogen-bond acceptors (Lipinski definition) is 3. The van der Waals surface area contributed by atoms with Crippen molar-refractivity contribution < 1.29 is 9.53 Å². The predicted octanol–water partition coefficient (Wildman–Crippen LogP) is 4.33. The highest BCUT2D eigenvalue weighted by atomic mass is 32.2. The second-order valence-electron chi connectivity index (χ2n) is 5.89. The molecule has 0 fully saturated rings. The number of aryl methyl sites for hydroxylation is 2. The van der Waals surface area contributed by atoms with E-state index in [1.54, 1.807) is 18.9 Å². The Balaban J connectivity index is 1.72. The van der Waals surface area contributed by atoms with Gasteiger partial charge in [-0.1, -0.05) is 25.1 Å². The molecule has 1 amide bonds. The maximum atomic E-state index is 12.8. The van der Waals surface area contributed by atoms with Gasteiger partial charge in [0.2, 0.25) is 5.91 Å². The molecule has 0 N–H and O–H groups in total. The fraction of sp³-hybridized carbons (Fsp3) is 0.350. The van der Waals surface area contributed by atoms with Crippen LogP contribution in [-0.4, -0.2) is 25.3 Å². The van der Waals surface area contributed by atoms with Gasteiger partial charge in [-0.15, -0.1) is 11.8 Å². The minimum Gasteiger partial charge on any atom is -0.497 e. The van der Waals surface area contributed by atoms with E-state index < -0.39 is 0 Å². The molecule has 4 heteroatoms. The Hall–Kier alpha value is -1.94. The van der Waals surface area contributed by atoms with Crippen LogP contribution >= 0.6 is 11.8 Å². The summed E-state index contributed by atoms with van der Waals surface area (Å²) in [6.45, 7) is 2.98. The number of rotatable bonds is 5. The molecule has 0 unspecified atom stereocenters. The van der Waals surface area contributed by atoms with Crippen molar-refractivity contribution in [2.45, 2.75) is 31.1 Å². The zero-order valence-corrected chi connectivity index (χ0v) is 15.1. The molecule has 0 atom stereocenters. The minimum atomic E-state index is 0.192. The Labute approximate surface area is 148 Å². The molecule has 3 rings (SSSR count). The Morgan fingerprint density at radius 2 is 2.00 bits per heavy atom. The third-order valence-electron chi connectivity index (χ3n) is 4.40. The Kier molecular flexibility index (Phi) is 5.46. The van der Waals surface area contributed by atoms with Gasteiger partial charge in [0.1, 0.15) is 5.75 Å². The van der Waals surface area contributed by atoms with Gasteiger partial charge in [-0.25, -0.2) is 0 Å². The summed E-state index contributed by atoms with van der Waals surface area (Å²) < 4.78 is 5.17. The van der Waals surface area contributed by atoms with Gasteiger partial charge in [0.15, 0.2) is 0 Å². The van der Waals surface area contributed by atoms with Crippen molar-refractivity contribution in [3.63, 3.8) is 0 Å². The van der Waals surface area contributed by atoms with E-state index in [9.17, 15) is 4.79 Å². The van der Waals surface area contributed by atoms with Crippen LogP contribution in [0.4, 0.5) is 5.69 Å². The molecule has 126 valence electrons. The first kappa shape index (κ1) is 16.9. The van der Waals surface area contributed by atoms with E-state index in [0.29, 0.717) is 5.75 Å². The number of anilines is 1. The molecule has 0 saturated carbocycles. The number of thioether (sulfide) groups is 1. The topological polar surface area (TPSA) is 29.5 Å². The lowest BCUT2D eigenvalue weighted by atomic mass is 9.96. The minimum absolute atomic E-state index is 0.192. The van der Waals surface area contributed by atoms with Crippen molar-refractivity contribution in [3.8, 4) is 5.75 Å². The Bertz CT molecular complexity index is 698. The van der Waals surface area contributed by atoms with Crippen LogP contribution in [-0.2, 0) is 17.6 Å².